The molecule has 0 saturated carbocycles. The van der Waals surface area contributed by atoms with Gasteiger partial charge in [-0.3, -0.25) is 4.79 Å². The topological polar surface area (TPSA) is 73.9 Å². The highest BCUT2D eigenvalue weighted by molar-refractivity contribution is 5.85. The van der Waals surface area contributed by atoms with Gasteiger partial charge in [0.05, 0.1) is 13.5 Å². The fourth-order valence-corrected chi connectivity index (χ4v) is 4.04. The molecule has 0 bridgehead atoms. The van der Waals surface area contributed by atoms with E-state index in [1.807, 2.05) is 60.7 Å². The van der Waals surface area contributed by atoms with E-state index in [9.17, 15) is 18.4 Å². The van der Waals surface area contributed by atoms with Gasteiger partial charge in [0.2, 0.25) is 5.91 Å². The van der Waals surface area contributed by atoms with Crippen LogP contribution < -0.4 is 14.8 Å². The summed E-state index contributed by atoms with van der Waals surface area (Å²) in [6.45, 7) is 0.634. The molecule has 4 rings (SSSR count). The number of amides is 1. The Balaban J connectivity index is 1.50. The van der Waals surface area contributed by atoms with E-state index in [2.05, 4.69) is 5.32 Å². The standard InChI is InChI=1S/C32H29F2NO5/c1-38-32(37)28(35-31(36)18-25-13-14-26(33)19-27(25)34)16-24-12-15-29(39-20-22-8-4-2-5-9-22)30(17-24)40-21-23-10-6-3-7-11-23/h2-15,17,19,28H,16,18,20-21H2,1H3,(H,35,36)/t28-/m1/s1. The smallest absolute Gasteiger partial charge is 0.328 e. The molecule has 1 atom stereocenters. The number of benzene rings is 4. The Morgan fingerprint density at radius 3 is 1.98 bits per heavy atom. The molecule has 0 fully saturated rings. The highest BCUT2D eigenvalue weighted by atomic mass is 19.1. The SMILES string of the molecule is COC(=O)[C@@H](Cc1ccc(OCc2ccccc2)c(OCc2ccccc2)c1)NC(=O)Cc1ccc(F)cc1F. The molecule has 0 heterocycles. The Kier molecular flexibility index (Phi) is 9.83. The summed E-state index contributed by atoms with van der Waals surface area (Å²) in [4.78, 5) is 25.2. The quantitative estimate of drug-likeness (QED) is 0.236. The molecule has 0 aliphatic carbocycles. The van der Waals surface area contributed by atoms with E-state index in [0.717, 1.165) is 17.2 Å². The number of hydrogen-bond donors (Lipinski definition) is 1. The van der Waals surface area contributed by atoms with Crippen LogP contribution in [0.2, 0.25) is 0 Å². The second-order valence-electron chi connectivity index (χ2n) is 9.09. The zero-order valence-corrected chi connectivity index (χ0v) is 21.9. The molecule has 8 heteroatoms. The third-order valence-electron chi connectivity index (χ3n) is 6.11. The van der Waals surface area contributed by atoms with E-state index in [-0.39, 0.29) is 18.4 Å². The highest BCUT2D eigenvalue weighted by Gasteiger charge is 2.23. The van der Waals surface area contributed by atoms with Crippen LogP contribution in [0.4, 0.5) is 8.78 Å². The van der Waals surface area contributed by atoms with Crippen LogP contribution in [0.1, 0.15) is 22.3 Å². The Hall–Kier alpha value is -4.72. The molecule has 1 amide bonds. The number of ether oxygens (including phenoxy) is 3. The average molecular weight is 546 g/mol. The summed E-state index contributed by atoms with van der Waals surface area (Å²) in [5.41, 5.74) is 2.65. The lowest BCUT2D eigenvalue weighted by atomic mass is 10.0. The third kappa shape index (κ3) is 8.14. The minimum atomic E-state index is -1.04. The fourth-order valence-electron chi connectivity index (χ4n) is 4.04. The van der Waals surface area contributed by atoms with E-state index in [1.165, 1.54) is 13.2 Å². The Morgan fingerprint density at radius 2 is 1.38 bits per heavy atom. The first-order valence-corrected chi connectivity index (χ1v) is 12.7. The summed E-state index contributed by atoms with van der Waals surface area (Å²) >= 11 is 0. The highest BCUT2D eigenvalue weighted by Crippen LogP contribution is 2.31. The molecule has 206 valence electrons. The van der Waals surface area contributed by atoms with Gasteiger partial charge in [0.1, 0.15) is 30.9 Å². The molecule has 40 heavy (non-hydrogen) atoms. The lowest BCUT2D eigenvalue weighted by Crippen LogP contribution is -2.43. The fraction of sp³-hybridized carbons (Fsp3) is 0.188. The van der Waals surface area contributed by atoms with Gasteiger partial charge in [0, 0.05) is 12.5 Å². The van der Waals surface area contributed by atoms with Crippen LogP contribution in [-0.2, 0) is 40.4 Å². The van der Waals surface area contributed by atoms with Gasteiger partial charge in [0.25, 0.3) is 0 Å². The normalized spacial score (nSPS) is 11.4. The van der Waals surface area contributed by atoms with Crippen molar-refractivity contribution in [2.45, 2.75) is 32.1 Å². The maximum Gasteiger partial charge on any atom is 0.328 e. The van der Waals surface area contributed by atoms with E-state index in [4.69, 9.17) is 14.2 Å². The number of carbonyl (C=O) groups is 2. The van der Waals surface area contributed by atoms with Gasteiger partial charge in [-0.25, -0.2) is 13.6 Å². The van der Waals surface area contributed by atoms with Gasteiger partial charge in [-0.1, -0.05) is 72.8 Å². The molecule has 0 spiro atoms. The van der Waals surface area contributed by atoms with Crippen LogP contribution in [0.3, 0.4) is 0 Å². The molecular formula is C32H29F2NO5. The third-order valence-corrected chi connectivity index (χ3v) is 6.11. The van der Waals surface area contributed by atoms with Crippen LogP contribution in [0, 0.1) is 11.6 Å². The summed E-state index contributed by atoms with van der Waals surface area (Å²) in [6, 6.07) is 26.6. The first-order valence-electron chi connectivity index (χ1n) is 12.7. The first kappa shape index (κ1) is 28.3. The zero-order chi connectivity index (χ0) is 28.3. The maximum atomic E-state index is 14.0. The van der Waals surface area contributed by atoms with Crippen LogP contribution in [0.15, 0.2) is 97.1 Å². The van der Waals surface area contributed by atoms with Crippen molar-refractivity contribution < 1.29 is 32.6 Å². The van der Waals surface area contributed by atoms with Crippen molar-refractivity contribution in [2.24, 2.45) is 0 Å². The van der Waals surface area contributed by atoms with Crippen LogP contribution in [0.25, 0.3) is 0 Å². The van der Waals surface area contributed by atoms with Crippen molar-refractivity contribution in [1.82, 2.24) is 5.32 Å². The largest absolute Gasteiger partial charge is 0.485 e. The van der Waals surface area contributed by atoms with Gasteiger partial charge in [-0.15, -0.1) is 0 Å². The zero-order valence-electron chi connectivity index (χ0n) is 21.9. The predicted molar refractivity (Wildman–Crippen MR) is 146 cm³/mol. The number of rotatable bonds is 12. The first-order chi connectivity index (χ1) is 19.4. The summed E-state index contributed by atoms with van der Waals surface area (Å²) in [6.07, 6.45) is -0.276. The van der Waals surface area contributed by atoms with Gasteiger partial charge < -0.3 is 19.5 Å². The van der Waals surface area contributed by atoms with E-state index in [0.29, 0.717) is 36.3 Å². The molecule has 0 unspecified atom stereocenters. The minimum absolute atomic E-state index is 0.0130. The minimum Gasteiger partial charge on any atom is -0.485 e. The number of nitrogens with one attached hydrogen (secondary N) is 1. The Bertz CT molecular complexity index is 1430. The maximum absolute atomic E-state index is 14.0. The molecule has 4 aromatic carbocycles. The second kappa shape index (κ2) is 13.9. The Labute approximate surface area is 231 Å². The predicted octanol–water partition coefficient (Wildman–Crippen LogP) is 5.57. The molecule has 0 saturated heterocycles. The van der Waals surface area contributed by atoms with Gasteiger partial charge in [-0.05, 0) is 40.5 Å². The summed E-state index contributed by atoms with van der Waals surface area (Å²) < 4.78 is 44.3. The van der Waals surface area contributed by atoms with Gasteiger partial charge in [0.15, 0.2) is 11.5 Å². The van der Waals surface area contributed by atoms with Crippen molar-refractivity contribution in [3.8, 4) is 11.5 Å². The van der Waals surface area contributed by atoms with Crippen molar-refractivity contribution in [1.29, 1.82) is 0 Å². The summed E-state index contributed by atoms with van der Waals surface area (Å²) in [5.74, 6) is -1.85. The molecule has 6 nitrogen and oxygen atoms in total. The van der Waals surface area contributed by atoms with Crippen molar-refractivity contribution in [3.05, 3.63) is 131 Å². The molecule has 0 aliphatic rings. The van der Waals surface area contributed by atoms with Crippen molar-refractivity contribution in [2.75, 3.05) is 7.11 Å². The van der Waals surface area contributed by atoms with E-state index < -0.39 is 29.6 Å². The van der Waals surface area contributed by atoms with E-state index >= 15 is 0 Å². The molecule has 4 aromatic rings. The van der Waals surface area contributed by atoms with Crippen molar-refractivity contribution >= 4 is 11.9 Å². The number of methoxy groups -OCH3 is 1. The molecule has 0 aromatic heterocycles. The molecule has 0 radical (unpaired) electrons. The lowest BCUT2D eigenvalue weighted by Gasteiger charge is -2.19. The summed E-state index contributed by atoms with van der Waals surface area (Å²) in [5, 5.41) is 2.60. The average Bonchev–Trinajstić information content (AvgIpc) is 2.97. The molecule has 0 aliphatic heterocycles. The van der Waals surface area contributed by atoms with Crippen LogP contribution in [-0.4, -0.2) is 25.0 Å². The number of halogens is 2. The molecule has 1 N–H and O–H groups in total. The van der Waals surface area contributed by atoms with E-state index in [1.54, 1.807) is 18.2 Å². The number of esters is 1. The number of carbonyl (C=O) groups excluding carboxylic acids is 2. The second-order valence-corrected chi connectivity index (χ2v) is 9.09. The molecular weight excluding hydrogens is 516 g/mol. The Morgan fingerprint density at radius 1 is 0.750 bits per heavy atom. The van der Waals surface area contributed by atoms with Gasteiger partial charge in [-0.2, -0.15) is 0 Å². The van der Waals surface area contributed by atoms with Crippen molar-refractivity contribution in [3.63, 3.8) is 0 Å². The lowest BCUT2D eigenvalue weighted by molar-refractivity contribution is -0.145. The monoisotopic (exact) mass is 545 g/mol. The van der Waals surface area contributed by atoms with Crippen LogP contribution >= 0.6 is 0 Å². The summed E-state index contributed by atoms with van der Waals surface area (Å²) in [7, 11) is 1.22. The van der Waals surface area contributed by atoms with Crippen LogP contribution in [0.5, 0.6) is 11.5 Å². The number of hydrogen-bond acceptors (Lipinski definition) is 5. The van der Waals surface area contributed by atoms with Gasteiger partial charge >= 0.3 is 5.97 Å².